The molecule has 2 rings (SSSR count). The van der Waals surface area contributed by atoms with Crippen LogP contribution in [0.1, 0.15) is 16.1 Å². The molecule has 0 atom stereocenters. The molecule has 3 nitrogen and oxygen atoms in total. The molecule has 0 bridgehead atoms. The van der Waals surface area contributed by atoms with Crippen LogP contribution in [0.4, 0.5) is 0 Å². The summed E-state index contributed by atoms with van der Waals surface area (Å²) in [5, 5.41) is 2.82. The largest absolute Gasteiger partial charge is 0.346 e. The predicted octanol–water partition coefficient (Wildman–Crippen LogP) is 2.77. The molecular weight excluding hydrogens is 280 g/mol. The van der Waals surface area contributed by atoms with Gasteiger partial charge in [0.1, 0.15) is 0 Å². The number of hydrogen-bond donors (Lipinski definition) is 1. The summed E-state index contributed by atoms with van der Waals surface area (Å²) in [6.45, 7) is 0.432. The van der Waals surface area contributed by atoms with Crippen LogP contribution in [-0.2, 0) is 6.54 Å². The second-order valence-electron chi connectivity index (χ2n) is 3.48. The van der Waals surface area contributed by atoms with Crippen molar-refractivity contribution in [3.63, 3.8) is 0 Å². The molecule has 4 heteroatoms. The highest BCUT2D eigenvalue weighted by Gasteiger charge is 2.08. The Morgan fingerprint density at radius 2 is 1.94 bits per heavy atom. The lowest BCUT2D eigenvalue weighted by Gasteiger charge is -2.06. The third-order valence-electron chi connectivity index (χ3n) is 2.27. The van der Waals surface area contributed by atoms with Crippen LogP contribution in [0.2, 0.25) is 0 Å². The third-order valence-corrected chi connectivity index (χ3v) is 2.97. The number of halogens is 1. The number of nitrogens with zero attached hydrogens (tertiary/aromatic N) is 1. The zero-order chi connectivity index (χ0) is 12.1. The van der Waals surface area contributed by atoms with Gasteiger partial charge in [-0.15, -0.1) is 0 Å². The van der Waals surface area contributed by atoms with Crippen molar-refractivity contribution >= 4 is 21.8 Å². The van der Waals surface area contributed by atoms with E-state index in [-0.39, 0.29) is 5.91 Å². The molecule has 2 aromatic rings. The van der Waals surface area contributed by atoms with Crippen LogP contribution < -0.4 is 5.32 Å². The first-order chi connectivity index (χ1) is 8.27. The number of rotatable bonds is 3. The van der Waals surface area contributed by atoms with E-state index in [1.165, 1.54) is 0 Å². The van der Waals surface area contributed by atoms with E-state index in [1.54, 1.807) is 12.3 Å². The molecule has 17 heavy (non-hydrogen) atoms. The normalized spacial score (nSPS) is 9.94. The molecule has 0 fully saturated rings. The molecule has 0 aliphatic carbocycles. The van der Waals surface area contributed by atoms with Crippen LogP contribution in [0.3, 0.4) is 0 Å². The maximum Gasteiger partial charge on any atom is 0.252 e. The van der Waals surface area contributed by atoms with E-state index in [0.29, 0.717) is 12.1 Å². The monoisotopic (exact) mass is 290 g/mol. The number of pyridine rings is 1. The smallest absolute Gasteiger partial charge is 0.252 e. The number of carbonyl (C=O) groups is 1. The summed E-state index contributed by atoms with van der Waals surface area (Å²) in [5.74, 6) is -0.108. The topological polar surface area (TPSA) is 42.0 Å². The van der Waals surface area contributed by atoms with Crippen molar-refractivity contribution < 1.29 is 4.79 Å². The summed E-state index contributed by atoms with van der Waals surface area (Å²) in [7, 11) is 0. The molecule has 0 aliphatic rings. The number of aromatic nitrogens is 1. The van der Waals surface area contributed by atoms with E-state index in [0.717, 1.165) is 10.2 Å². The third kappa shape index (κ3) is 3.14. The average Bonchev–Trinajstić information content (AvgIpc) is 2.38. The number of carbonyl (C=O) groups excluding carboxylic acids is 1. The van der Waals surface area contributed by atoms with Gasteiger partial charge < -0.3 is 5.32 Å². The predicted molar refractivity (Wildman–Crippen MR) is 69.5 cm³/mol. The summed E-state index contributed by atoms with van der Waals surface area (Å²) in [6, 6.07) is 12.9. The van der Waals surface area contributed by atoms with E-state index in [2.05, 4.69) is 26.2 Å². The number of amides is 1. The maximum absolute atomic E-state index is 11.9. The molecule has 0 spiro atoms. The van der Waals surface area contributed by atoms with Gasteiger partial charge in [0, 0.05) is 10.7 Å². The molecule has 0 saturated heterocycles. The standard InChI is InChI=1S/C13H11BrN2O/c14-12-7-2-1-6-11(12)13(17)16-9-10-5-3-4-8-15-10/h1-8H,9H2,(H,16,17). The minimum atomic E-state index is -0.108. The fourth-order valence-corrected chi connectivity index (χ4v) is 1.88. The minimum Gasteiger partial charge on any atom is -0.346 e. The van der Waals surface area contributed by atoms with E-state index >= 15 is 0 Å². The molecular formula is C13H11BrN2O. The molecule has 1 aromatic carbocycles. The zero-order valence-corrected chi connectivity index (χ0v) is 10.6. The van der Waals surface area contributed by atoms with Crippen molar-refractivity contribution in [2.24, 2.45) is 0 Å². The summed E-state index contributed by atoms with van der Waals surface area (Å²) < 4.78 is 0.790. The lowest BCUT2D eigenvalue weighted by Crippen LogP contribution is -2.23. The van der Waals surface area contributed by atoms with E-state index in [9.17, 15) is 4.79 Å². The van der Waals surface area contributed by atoms with Gasteiger partial charge in [0.2, 0.25) is 0 Å². The molecule has 1 aromatic heterocycles. The Labute approximate surface area is 108 Å². The number of nitrogens with one attached hydrogen (secondary N) is 1. The van der Waals surface area contributed by atoms with Gasteiger partial charge in [0.05, 0.1) is 17.8 Å². The second kappa shape index (κ2) is 5.59. The molecule has 0 unspecified atom stereocenters. The van der Waals surface area contributed by atoms with Gasteiger partial charge in [-0.3, -0.25) is 9.78 Å². The summed E-state index contributed by atoms with van der Waals surface area (Å²) in [5.41, 5.74) is 1.47. The van der Waals surface area contributed by atoms with Crippen molar-refractivity contribution in [2.75, 3.05) is 0 Å². The number of benzene rings is 1. The zero-order valence-electron chi connectivity index (χ0n) is 9.06. The lowest BCUT2D eigenvalue weighted by atomic mass is 10.2. The van der Waals surface area contributed by atoms with Crippen LogP contribution in [0.25, 0.3) is 0 Å². The molecule has 0 saturated carbocycles. The Hall–Kier alpha value is -1.68. The molecule has 1 heterocycles. The SMILES string of the molecule is O=C(NCc1ccccn1)c1ccccc1Br. The van der Waals surface area contributed by atoms with Crippen LogP contribution >= 0.6 is 15.9 Å². The van der Waals surface area contributed by atoms with Gasteiger partial charge in [-0.25, -0.2) is 0 Å². The minimum absolute atomic E-state index is 0.108. The molecule has 0 radical (unpaired) electrons. The fraction of sp³-hybridized carbons (Fsp3) is 0.0769. The Morgan fingerprint density at radius 3 is 2.65 bits per heavy atom. The van der Waals surface area contributed by atoms with Crippen molar-refractivity contribution in [1.82, 2.24) is 10.3 Å². The van der Waals surface area contributed by atoms with Crippen molar-refractivity contribution in [3.8, 4) is 0 Å². The first-order valence-corrected chi connectivity index (χ1v) is 5.99. The quantitative estimate of drug-likeness (QED) is 0.944. The van der Waals surface area contributed by atoms with Gasteiger partial charge >= 0.3 is 0 Å². The molecule has 1 amide bonds. The molecule has 86 valence electrons. The Bertz CT molecular complexity index is 514. The average molecular weight is 291 g/mol. The van der Waals surface area contributed by atoms with Gasteiger partial charge in [-0.05, 0) is 40.2 Å². The van der Waals surface area contributed by atoms with Gasteiger partial charge in [-0.1, -0.05) is 18.2 Å². The first-order valence-electron chi connectivity index (χ1n) is 5.20. The van der Waals surface area contributed by atoms with E-state index in [4.69, 9.17) is 0 Å². The highest BCUT2D eigenvalue weighted by atomic mass is 79.9. The van der Waals surface area contributed by atoms with E-state index < -0.39 is 0 Å². The Morgan fingerprint density at radius 1 is 1.18 bits per heavy atom. The summed E-state index contributed by atoms with van der Waals surface area (Å²) in [4.78, 5) is 16.0. The van der Waals surface area contributed by atoms with Gasteiger partial charge in [-0.2, -0.15) is 0 Å². The van der Waals surface area contributed by atoms with Crippen LogP contribution in [0, 0.1) is 0 Å². The van der Waals surface area contributed by atoms with E-state index in [1.807, 2.05) is 36.4 Å². The summed E-state index contributed by atoms with van der Waals surface area (Å²) >= 11 is 3.35. The molecule has 1 N–H and O–H groups in total. The van der Waals surface area contributed by atoms with Crippen molar-refractivity contribution in [2.45, 2.75) is 6.54 Å². The van der Waals surface area contributed by atoms with Crippen LogP contribution in [0.5, 0.6) is 0 Å². The first kappa shape index (κ1) is 11.8. The summed E-state index contributed by atoms with van der Waals surface area (Å²) in [6.07, 6.45) is 1.71. The highest BCUT2D eigenvalue weighted by Crippen LogP contribution is 2.15. The lowest BCUT2D eigenvalue weighted by molar-refractivity contribution is 0.0949. The van der Waals surface area contributed by atoms with Crippen molar-refractivity contribution in [1.29, 1.82) is 0 Å². The van der Waals surface area contributed by atoms with Crippen LogP contribution in [0.15, 0.2) is 53.1 Å². The van der Waals surface area contributed by atoms with Gasteiger partial charge in [0.25, 0.3) is 5.91 Å². The Kier molecular flexibility index (Phi) is 3.88. The number of hydrogen-bond acceptors (Lipinski definition) is 2. The van der Waals surface area contributed by atoms with Gasteiger partial charge in [0.15, 0.2) is 0 Å². The highest BCUT2D eigenvalue weighted by molar-refractivity contribution is 9.10. The molecule has 0 aliphatic heterocycles. The van der Waals surface area contributed by atoms with Crippen molar-refractivity contribution in [3.05, 3.63) is 64.4 Å². The maximum atomic E-state index is 11.9. The van der Waals surface area contributed by atoms with Crippen LogP contribution in [-0.4, -0.2) is 10.9 Å². The second-order valence-corrected chi connectivity index (χ2v) is 4.34. The Balaban J connectivity index is 2.01. The fourth-order valence-electron chi connectivity index (χ4n) is 1.41.